The molecule has 15 heavy (non-hydrogen) atoms. The molecule has 0 N–H and O–H groups in total. The first-order valence-corrected chi connectivity index (χ1v) is 4.66. The minimum atomic E-state index is 0. The Kier molecular flexibility index (Phi) is 27.0. The fraction of sp³-hybridized carbons (Fsp3) is 0.429. The van der Waals surface area contributed by atoms with E-state index in [9.17, 15) is 0 Å². The van der Waals surface area contributed by atoms with E-state index in [0.29, 0.717) is 5.92 Å². The van der Waals surface area contributed by atoms with Gasteiger partial charge in [0.05, 0.1) is 0 Å². The number of rotatable bonds is 2. The third kappa shape index (κ3) is 14.2. The topological polar surface area (TPSA) is 0 Å². The first kappa shape index (κ1) is 24.4. The van der Waals surface area contributed by atoms with Crippen molar-refractivity contribution in [1.29, 1.82) is 0 Å². The zero-order chi connectivity index (χ0) is 9.40. The molecular weight excluding hydrogens is 363 g/mol. The van der Waals surface area contributed by atoms with E-state index >= 15 is 0 Å². The van der Waals surface area contributed by atoms with Gasteiger partial charge in [0.25, 0.3) is 0 Å². The molecule has 0 aliphatic heterocycles. The number of hydrogen-bond donors (Lipinski definition) is 0. The molecule has 0 amide bonds. The Balaban J connectivity index is -0.0000000779. The molecule has 0 radical (unpaired) electrons. The maximum absolute atomic E-state index is 3.60. The summed E-state index contributed by atoms with van der Waals surface area (Å²) in [6.07, 6.45) is 10.9. The van der Waals surface area contributed by atoms with Crippen molar-refractivity contribution in [3.05, 3.63) is 52.0 Å². The largest absolute Gasteiger partial charge is 4.00 e. The van der Waals surface area contributed by atoms with Crippen molar-refractivity contribution < 1.29 is 21.1 Å². The van der Waals surface area contributed by atoms with Gasteiger partial charge in [-0.1, -0.05) is 25.5 Å². The number of allylic oxidation sites excluding steroid dienone is 4. The first-order chi connectivity index (χ1) is 5.72. The van der Waals surface area contributed by atoms with Crippen LogP contribution in [0.1, 0.15) is 33.6 Å². The van der Waals surface area contributed by atoms with E-state index in [0.717, 1.165) is 6.42 Å². The van der Waals surface area contributed by atoms with Crippen LogP contribution in [0, 0.1) is 33.6 Å². The zero-order valence-corrected chi connectivity index (χ0v) is 13.1. The van der Waals surface area contributed by atoms with Crippen molar-refractivity contribution >= 4 is 0 Å². The zero-order valence-electron chi connectivity index (χ0n) is 10.8. The van der Waals surface area contributed by atoms with Crippen LogP contribution in [0.4, 0.5) is 0 Å². The van der Waals surface area contributed by atoms with Gasteiger partial charge in [0.2, 0.25) is 0 Å². The Morgan fingerprint density at radius 1 is 1.13 bits per heavy atom. The molecule has 0 aromatic carbocycles. The van der Waals surface area contributed by atoms with Crippen LogP contribution in [0.2, 0.25) is 0 Å². The molecule has 1 rings (SSSR count). The first-order valence-electron chi connectivity index (χ1n) is 4.66. The van der Waals surface area contributed by atoms with Crippen LogP contribution < -0.4 is 0 Å². The van der Waals surface area contributed by atoms with Gasteiger partial charge in [-0.2, -0.15) is 20.3 Å². The summed E-state index contributed by atoms with van der Waals surface area (Å²) in [5.41, 5.74) is 0. The Bertz CT molecular complexity index is 131. The SMILES string of the molecule is C[C-](C)C1C=CC=C1.[CH2-]CCC.[CH3-].[CH3-].[Pt+4]. The summed E-state index contributed by atoms with van der Waals surface area (Å²) in [7, 11) is 0. The standard InChI is InChI=1S/C8H11.C4H9.2CH3.Pt/c1-7(2)8-5-3-4-6-8;1-3-4-2;;;/h3-6,8H,1-2H3;1,3-4H2,2H3;2*1H3;/q4*-1;+4. The van der Waals surface area contributed by atoms with Crippen molar-refractivity contribution in [2.24, 2.45) is 5.92 Å². The summed E-state index contributed by atoms with van der Waals surface area (Å²) in [6.45, 7) is 10.0. The summed E-state index contributed by atoms with van der Waals surface area (Å²) >= 11 is 0. The minimum absolute atomic E-state index is 0. The molecule has 0 aromatic rings. The molecule has 0 bridgehead atoms. The van der Waals surface area contributed by atoms with Gasteiger partial charge in [0.15, 0.2) is 0 Å². The van der Waals surface area contributed by atoms with E-state index < -0.39 is 0 Å². The molecule has 1 aliphatic carbocycles. The van der Waals surface area contributed by atoms with E-state index in [1.165, 1.54) is 12.3 Å². The van der Waals surface area contributed by atoms with E-state index in [1.807, 2.05) is 0 Å². The third-order valence-electron chi connectivity index (χ3n) is 1.77. The van der Waals surface area contributed by atoms with E-state index in [-0.39, 0.29) is 35.9 Å². The maximum Gasteiger partial charge on any atom is 4.00 e. The van der Waals surface area contributed by atoms with Crippen LogP contribution in [0.15, 0.2) is 24.3 Å². The van der Waals surface area contributed by atoms with Crippen molar-refractivity contribution in [2.45, 2.75) is 33.6 Å². The van der Waals surface area contributed by atoms with Crippen molar-refractivity contribution in [1.82, 2.24) is 0 Å². The summed E-state index contributed by atoms with van der Waals surface area (Å²) in [6, 6.07) is 0. The average Bonchev–Trinajstić information content (AvgIpc) is 2.57. The van der Waals surface area contributed by atoms with E-state index in [2.05, 4.69) is 52.0 Å². The number of hydrogen-bond acceptors (Lipinski definition) is 0. The predicted molar refractivity (Wildman–Crippen MR) is 69.5 cm³/mol. The summed E-state index contributed by atoms with van der Waals surface area (Å²) in [4.78, 5) is 0. The Morgan fingerprint density at radius 3 is 1.60 bits per heavy atom. The average molecular weight is 389 g/mol. The van der Waals surface area contributed by atoms with Gasteiger partial charge < -0.3 is 27.7 Å². The summed E-state index contributed by atoms with van der Waals surface area (Å²) in [5.74, 6) is 2.09. The second kappa shape index (κ2) is 16.6. The molecule has 0 unspecified atom stereocenters. The van der Waals surface area contributed by atoms with Gasteiger partial charge in [-0.3, -0.25) is 0 Å². The quantitative estimate of drug-likeness (QED) is 0.592. The van der Waals surface area contributed by atoms with Crippen molar-refractivity contribution in [2.75, 3.05) is 0 Å². The Morgan fingerprint density at radius 2 is 1.47 bits per heavy atom. The minimum Gasteiger partial charge on any atom is -0.358 e. The fourth-order valence-electron chi connectivity index (χ4n) is 0.817. The number of unbranched alkanes of at least 4 members (excludes halogenated alkanes) is 1. The molecule has 0 aromatic heterocycles. The van der Waals surface area contributed by atoms with Crippen LogP contribution >= 0.6 is 0 Å². The second-order valence-electron chi connectivity index (χ2n) is 3.23. The molecular formula is C14H26Pt. The molecule has 0 saturated carbocycles. The predicted octanol–water partition coefficient (Wildman–Crippen LogP) is 4.86. The molecule has 1 aliphatic rings. The van der Waals surface area contributed by atoms with Crippen molar-refractivity contribution in [3.63, 3.8) is 0 Å². The van der Waals surface area contributed by atoms with E-state index in [1.54, 1.807) is 0 Å². The van der Waals surface area contributed by atoms with Crippen LogP contribution in [0.3, 0.4) is 0 Å². The molecule has 0 saturated heterocycles. The van der Waals surface area contributed by atoms with Gasteiger partial charge in [-0.05, 0) is 0 Å². The van der Waals surface area contributed by atoms with Gasteiger partial charge >= 0.3 is 21.1 Å². The Labute approximate surface area is 113 Å². The van der Waals surface area contributed by atoms with Gasteiger partial charge in [-0.15, -0.1) is 18.1 Å². The summed E-state index contributed by atoms with van der Waals surface area (Å²) < 4.78 is 0. The molecule has 0 heterocycles. The van der Waals surface area contributed by atoms with Gasteiger partial charge in [0, 0.05) is 0 Å². The smallest absolute Gasteiger partial charge is 0.358 e. The van der Waals surface area contributed by atoms with Gasteiger partial charge in [0.1, 0.15) is 0 Å². The molecule has 92 valence electrons. The molecule has 0 fully saturated rings. The molecule has 0 atom stereocenters. The van der Waals surface area contributed by atoms with Crippen molar-refractivity contribution in [3.8, 4) is 0 Å². The molecule has 0 nitrogen and oxygen atoms in total. The van der Waals surface area contributed by atoms with Crippen LogP contribution in [0.5, 0.6) is 0 Å². The fourth-order valence-corrected chi connectivity index (χ4v) is 0.817. The van der Waals surface area contributed by atoms with Crippen LogP contribution in [-0.4, -0.2) is 0 Å². The summed E-state index contributed by atoms with van der Waals surface area (Å²) in [5, 5.41) is 0. The normalized spacial score (nSPS) is 12.1. The second-order valence-corrected chi connectivity index (χ2v) is 3.23. The third-order valence-corrected chi connectivity index (χ3v) is 1.77. The molecule has 0 spiro atoms. The monoisotopic (exact) mass is 389 g/mol. The van der Waals surface area contributed by atoms with E-state index in [4.69, 9.17) is 0 Å². The maximum atomic E-state index is 3.60. The van der Waals surface area contributed by atoms with Crippen LogP contribution in [-0.2, 0) is 21.1 Å². The molecule has 1 heteroatoms. The Hall–Kier alpha value is 0.168. The van der Waals surface area contributed by atoms with Crippen LogP contribution in [0.25, 0.3) is 0 Å². The van der Waals surface area contributed by atoms with Gasteiger partial charge in [-0.25, -0.2) is 0 Å².